The molecule has 0 bridgehead atoms. The van der Waals surface area contributed by atoms with Gasteiger partial charge in [0, 0.05) is 31.9 Å². The second-order valence-electron chi connectivity index (χ2n) is 7.68. The highest BCUT2D eigenvalue weighted by atomic mass is 16.2. The van der Waals surface area contributed by atoms with Gasteiger partial charge in [0.15, 0.2) is 0 Å². The number of carbonyl (C=O) groups is 1. The molecular formula is C22H29N5O. The Morgan fingerprint density at radius 1 is 1.04 bits per heavy atom. The summed E-state index contributed by atoms with van der Waals surface area (Å²) in [6.45, 7) is 2.68. The van der Waals surface area contributed by atoms with Crippen molar-refractivity contribution in [3.8, 4) is 0 Å². The summed E-state index contributed by atoms with van der Waals surface area (Å²) in [5.74, 6) is 1.06. The summed E-state index contributed by atoms with van der Waals surface area (Å²) in [4.78, 5) is 19.5. The van der Waals surface area contributed by atoms with Crippen LogP contribution in [0.1, 0.15) is 49.3 Å². The van der Waals surface area contributed by atoms with Crippen LogP contribution in [-0.4, -0.2) is 30.0 Å². The maximum Gasteiger partial charge on any atom is 0.238 e. The number of carbonyl (C=O) groups excluding carboxylic acids is 1. The quantitative estimate of drug-likeness (QED) is 0.745. The molecule has 148 valence electrons. The molecule has 0 aliphatic carbocycles. The molecule has 2 unspecified atom stereocenters. The summed E-state index contributed by atoms with van der Waals surface area (Å²) in [5, 5.41) is 3.03. The van der Waals surface area contributed by atoms with Gasteiger partial charge in [-0.05, 0) is 36.5 Å². The fourth-order valence-electron chi connectivity index (χ4n) is 3.95. The maximum atomic E-state index is 12.5. The van der Waals surface area contributed by atoms with Gasteiger partial charge in [-0.25, -0.2) is 15.8 Å². The molecule has 2 atom stereocenters. The lowest BCUT2D eigenvalue weighted by Crippen LogP contribution is -2.42. The lowest BCUT2D eigenvalue weighted by atomic mass is 10.0. The van der Waals surface area contributed by atoms with E-state index >= 15 is 0 Å². The molecule has 0 saturated carbocycles. The summed E-state index contributed by atoms with van der Waals surface area (Å²) >= 11 is 0. The number of pyridine rings is 1. The minimum Gasteiger partial charge on any atom is -0.357 e. The average molecular weight is 380 g/mol. The Labute approximate surface area is 166 Å². The molecule has 6 heteroatoms. The van der Waals surface area contributed by atoms with Crippen molar-refractivity contribution in [1.29, 1.82) is 0 Å². The van der Waals surface area contributed by atoms with Crippen molar-refractivity contribution < 1.29 is 4.79 Å². The Morgan fingerprint density at radius 3 is 2.54 bits per heavy atom. The predicted molar refractivity (Wildman–Crippen MR) is 111 cm³/mol. The first-order valence-corrected chi connectivity index (χ1v) is 10.3. The molecule has 0 radical (unpaired) electrons. The summed E-state index contributed by atoms with van der Waals surface area (Å²) in [5.41, 5.74) is 8.56. The molecule has 4 rings (SSSR count). The number of hydrazine groups is 1. The van der Waals surface area contributed by atoms with E-state index in [0.29, 0.717) is 6.54 Å². The molecule has 1 aromatic carbocycles. The summed E-state index contributed by atoms with van der Waals surface area (Å²) < 4.78 is 0. The van der Waals surface area contributed by atoms with Crippen LogP contribution < -0.4 is 21.1 Å². The van der Waals surface area contributed by atoms with Crippen LogP contribution in [0.4, 0.5) is 5.82 Å². The zero-order valence-electron chi connectivity index (χ0n) is 16.2. The van der Waals surface area contributed by atoms with Gasteiger partial charge in [-0.2, -0.15) is 0 Å². The smallest absolute Gasteiger partial charge is 0.238 e. The lowest BCUT2D eigenvalue weighted by molar-refractivity contribution is -0.123. The van der Waals surface area contributed by atoms with Crippen LogP contribution in [0.25, 0.3) is 0 Å². The molecule has 28 heavy (non-hydrogen) atoms. The molecule has 3 N–H and O–H groups in total. The van der Waals surface area contributed by atoms with E-state index in [1.165, 1.54) is 31.2 Å². The highest BCUT2D eigenvalue weighted by Crippen LogP contribution is 2.22. The Hall–Kier alpha value is -2.44. The number of amides is 1. The zero-order chi connectivity index (χ0) is 19.2. The minimum atomic E-state index is -0.227. The van der Waals surface area contributed by atoms with Crippen molar-refractivity contribution in [3.63, 3.8) is 0 Å². The number of hydrogen-bond donors (Lipinski definition) is 3. The zero-order valence-corrected chi connectivity index (χ0v) is 16.2. The van der Waals surface area contributed by atoms with Gasteiger partial charge in [0.1, 0.15) is 11.9 Å². The molecule has 6 nitrogen and oxygen atoms in total. The SMILES string of the molecule is O=C(NCc1ccc(N2CCCCCC2)nc1)C1CC(c2ccccc2)NN1. The van der Waals surface area contributed by atoms with Gasteiger partial charge < -0.3 is 10.2 Å². The lowest BCUT2D eigenvalue weighted by Gasteiger charge is -2.21. The van der Waals surface area contributed by atoms with E-state index in [-0.39, 0.29) is 18.0 Å². The van der Waals surface area contributed by atoms with Gasteiger partial charge >= 0.3 is 0 Å². The van der Waals surface area contributed by atoms with E-state index in [1.54, 1.807) is 0 Å². The second-order valence-corrected chi connectivity index (χ2v) is 7.68. The third-order valence-electron chi connectivity index (χ3n) is 5.63. The fraction of sp³-hybridized carbons (Fsp3) is 0.455. The second kappa shape index (κ2) is 9.17. The number of nitrogens with zero attached hydrogens (tertiary/aromatic N) is 2. The molecular weight excluding hydrogens is 350 g/mol. The highest BCUT2D eigenvalue weighted by Gasteiger charge is 2.29. The van der Waals surface area contributed by atoms with Crippen LogP contribution in [0.5, 0.6) is 0 Å². The largest absolute Gasteiger partial charge is 0.357 e. The minimum absolute atomic E-state index is 0.0162. The molecule has 2 aliphatic rings. The maximum absolute atomic E-state index is 12.5. The number of benzene rings is 1. The van der Waals surface area contributed by atoms with E-state index in [2.05, 4.69) is 50.3 Å². The van der Waals surface area contributed by atoms with Crippen LogP contribution in [0.15, 0.2) is 48.7 Å². The topological polar surface area (TPSA) is 69.3 Å². The van der Waals surface area contributed by atoms with E-state index < -0.39 is 0 Å². The van der Waals surface area contributed by atoms with Gasteiger partial charge in [0.25, 0.3) is 0 Å². The first-order valence-electron chi connectivity index (χ1n) is 10.3. The fourth-order valence-corrected chi connectivity index (χ4v) is 3.95. The van der Waals surface area contributed by atoms with Crippen molar-refractivity contribution >= 4 is 11.7 Å². The van der Waals surface area contributed by atoms with Crippen LogP contribution in [-0.2, 0) is 11.3 Å². The Balaban J connectivity index is 1.27. The third-order valence-corrected chi connectivity index (χ3v) is 5.63. The van der Waals surface area contributed by atoms with Crippen molar-refractivity contribution in [1.82, 2.24) is 21.2 Å². The Bertz CT molecular complexity index is 756. The Morgan fingerprint density at radius 2 is 1.82 bits per heavy atom. The third kappa shape index (κ3) is 4.69. The standard InChI is InChI=1S/C22H29N5O/c28-22(20-14-19(25-26-20)18-8-4-3-5-9-18)24-16-17-10-11-21(23-15-17)27-12-6-1-2-7-13-27/h3-5,8-11,15,19-20,25-26H,1-2,6-7,12-14,16H2,(H,24,28). The van der Waals surface area contributed by atoms with Crippen LogP contribution in [0.3, 0.4) is 0 Å². The summed E-state index contributed by atoms with van der Waals surface area (Å²) in [6.07, 6.45) is 7.74. The molecule has 2 aromatic rings. The van der Waals surface area contributed by atoms with Crippen molar-refractivity contribution in [2.75, 3.05) is 18.0 Å². The van der Waals surface area contributed by atoms with Crippen LogP contribution >= 0.6 is 0 Å². The molecule has 3 heterocycles. The van der Waals surface area contributed by atoms with Gasteiger partial charge in [-0.3, -0.25) is 4.79 Å². The number of aromatic nitrogens is 1. The number of rotatable bonds is 5. The first kappa shape index (κ1) is 18.9. The van der Waals surface area contributed by atoms with E-state index in [1.807, 2.05) is 24.4 Å². The molecule has 1 aromatic heterocycles. The number of nitrogens with one attached hydrogen (secondary N) is 3. The number of hydrogen-bond acceptors (Lipinski definition) is 5. The van der Waals surface area contributed by atoms with Crippen LogP contribution in [0.2, 0.25) is 0 Å². The monoisotopic (exact) mass is 379 g/mol. The molecule has 2 aliphatic heterocycles. The van der Waals surface area contributed by atoms with Crippen molar-refractivity contribution in [3.05, 3.63) is 59.8 Å². The molecule has 2 saturated heterocycles. The summed E-state index contributed by atoms with van der Waals surface area (Å²) in [7, 11) is 0. The predicted octanol–water partition coefficient (Wildman–Crippen LogP) is 2.69. The van der Waals surface area contributed by atoms with Gasteiger partial charge in [-0.15, -0.1) is 0 Å². The van der Waals surface area contributed by atoms with E-state index in [4.69, 9.17) is 0 Å². The molecule has 1 amide bonds. The van der Waals surface area contributed by atoms with Crippen molar-refractivity contribution in [2.24, 2.45) is 0 Å². The van der Waals surface area contributed by atoms with Gasteiger partial charge in [0.2, 0.25) is 5.91 Å². The van der Waals surface area contributed by atoms with Crippen molar-refractivity contribution in [2.45, 2.75) is 50.7 Å². The van der Waals surface area contributed by atoms with Gasteiger partial charge in [-0.1, -0.05) is 49.2 Å². The van der Waals surface area contributed by atoms with E-state index in [0.717, 1.165) is 30.9 Å². The normalized spacial score (nSPS) is 22.6. The first-order chi connectivity index (χ1) is 13.8. The van der Waals surface area contributed by atoms with Gasteiger partial charge in [0.05, 0.1) is 0 Å². The molecule has 0 spiro atoms. The Kier molecular flexibility index (Phi) is 6.19. The summed E-state index contributed by atoms with van der Waals surface area (Å²) in [6, 6.07) is 14.3. The van der Waals surface area contributed by atoms with E-state index in [9.17, 15) is 4.79 Å². The van der Waals surface area contributed by atoms with Crippen LogP contribution in [0, 0.1) is 0 Å². The highest BCUT2D eigenvalue weighted by molar-refractivity contribution is 5.82. The average Bonchev–Trinajstić information content (AvgIpc) is 3.09. The number of anilines is 1. The molecule has 2 fully saturated rings.